The van der Waals surface area contributed by atoms with E-state index >= 15 is 0 Å². The Balaban J connectivity index is 3.36. The predicted octanol–water partition coefficient (Wildman–Crippen LogP) is 2.76. The van der Waals surface area contributed by atoms with Gasteiger partial charge in [-0.05, 0) is 12.1 Å². The molecule has 0 aromatic heterocycles. The van der Waals surface area contributed by atoms with Crippen LogP contribution in [0, 0.1) is 21.4 Å². The van der Waals surface area contributed by atoms with Crippen LogP contribution in [-0.4, -0.2) is 4.92 Å². The fraction of sp³-hybridized carbons (Fsp3) is 0.182. The summed E-state index contributed by atoms with van der Waals surface area (Å²) in [5.74, 6) is -0.140. The van der Waals surface area contributed by atoms with Crippen LogP contribution < -0.4 is 0 Å². The van der Waals surface area contributed by atoms with Crippen molar-refractivity contribution in [1.29, 1.82) is 5.26 Å². The van der Waals surface area contributed by atoms with Crippen molar-refractivity contribution in [3.8, 4) is 6.07 Å². The molecular weight excluding hydrogens is 192 g/mol. The lowest BCUT2D eigenvalue weighted by atomic mass is 9.97. The summed E-state index contributed by atoms with van der Waals surface area (Å²) in [6.07, 6.45) is 1.61. The molecule has 0 saturated carbocycles. The molecular formula is C11H10N2O2. The third-order valence-corrected chi connectivity index (χ3v) is 2.20. The van der Waals surface area contributed by atoms with E-state index in [1.165, 1.54) is 18.2 Å². The summed E-state index contributed by atoms with van der Waals surface area (Å²) < 4.78 is 0. The second-order valence-corrected chi connectivity index (χ2v) is 3.17. The molecule has 0 spiro atoms. The van der Waals surface area contributed by atoms with E-state index in [9.17, 15) is 10.1 Å². The lowest BCUT2D eigenvalue weighted by Gasteiger charge is -2.07. The van der Waals surface area contributed by atoms with Gasteiger partial charge in [0.05, 0.1) is 16.6 Å². The molecule has 1 rings (SSSR count). The lowest BCUT2D eigenvalue weighted by Crippen LogP contribution is -1.98. The lowest BCUT2D eigenvalue weighted by molar-refractivity contribution is -0.385. The maximum Gasteiger partial charge on any atom is 0.273 e. The Bertz CT molecular complexity index is 446. The van der Waals surface area contributed by atoms with Gasteiger partial charge in [0.15, 0.2) is 0 Å². The van der Waals surface area contributed by atoms with Gasteiger partial charge in [0, 0.05) is 17.5 Å². The van der Waals surface area contributed by atoms with Gasteiger partial charge in [0.1, 0.15) is 0 Å². The molecule has 0 aliphatic carbocycles. The third-order valence-electron chi connectivity index (χ3n) is 2.20. The third kappa shape index (κ3) is 2.20. The first-order valence-corrected chi connectivity index (χ1v) is 4.41. The highest BCUT2D eigenvalue weighted by molar-refractivity contribution is 5.49. The van der Waals surface area contributed by atoms with E-state index in [0.29, 0.717) is 11.1 Å². The van der Waals surface area contributed by atoms with Gasteiger partial charge >= 0.3 is 0 Å². The first-order chi connectivity index (χ1) is 7.10. The van der Waals surface area contributed by atoms with E-state index in [2.05, 4.69) is 6.58 Å². The van der Waals surface area contributed by atoms with Crippen LogP contribution in [0.25, 0.3) is 0 Å². The molecule has 4 nitrogen and oxygen atoms in total. The molecule has 1 atom stereocenters. The standard InChI is InChI=1S/C11H10N2O2/c1-3-8(2)10-6-9(7-12)4-5-11(10)13(14)15/h3-6,8H,1H2,2H3. The molecule has 4 heteroatoms. The highest BCUT2D eigenvalue weighted by atomic mass is 16.6. The first kappa shape index (κ1) is 10.9. The zero-order valence-corrected chi connectivity index (χ0v) is 8.30. The Labute approximate surface area is 87.6 Å². The van der Waals surface area contributed by atoms with Crippen LogP contribution in [0.5, 0.6) is 0 Å². The molecule has 0 N–H and O–H groups in total. The van der Waals surface area contributed by atoms with Crippen LogP contribution in [-0.2, 0) is 0 Å². The smallest absolute Gasteiger partial charge is 0.258 e. The van der Waals surface area contributed by atoms with Gasteiger partial charge in [0.2, 0.25) is 0 Å². The molecule has 0 radical (unpaired) electrons. The quantitative estimate of drug-likeness (QED) is 0.430. The number of nitrogens with zero attached hydrogens (tertiary/aromatic N) is 2. The van der Waals surface area contributed by atoms with Gasteiger partial charge in [0.25, 0.3) is 5.69 Å². The summed E-state index contributed by atoms with van der Waals surface area (Å²) in [6.45, 7) is 5.39. The van der Waals surface area contributed by atoms with E-state index in [4.69, 9.17) is 5.26 Å². The molecule has 1 aromatic carbocycles. The summed E-state index contributed by atoms with van der Waals surface area (Å²) in [4.78, 5) is 10.3. The topological polar surface area (TPSA) is 66.9 Å². The first-order valence-electron chi connectivity index (χ1n) is 4.41. The van der Waals surface area contributed by atoms with Crippen LogP contribution >= 0.6 is 0 Å². The summed E-state index contributed by atoms with van der Waals surface area (Å²) in [5, 5.41) is 19.4. The van der Waals surface area contributed by atoms with Crippen LogP contribution in [0.1, 0.15) is 24.0 Å². The van der Waals surface area contributed by atoms with Gasteiger partial charge in [-0.2, -0.15) is 5.26 Å². The molecule has 0 bridgehead atoms. The number of nitro benzene ring substituents is 1. The summed E-state index contributed by atoms with van der Waals surface area (Å²) >= 11 is 0. The SMILES string of the molecule is C=CC(C)c1cc(C#N)ccc1[N+](=O)[O-]. The Morgan fingerprint density at radius 2 is 2.33 bits per heavy atom. The summed E-state index contributed by atoms with van der Waals surface area (Å²) in [6, 6.07) is 6.28. The van der Waals surface area contributed by atoms with E-state index in [1.807, 2.05) is 6.07 Å². The monoisotopic (exact) mass is 202 g/mol. The van der Waals surface area contributed by atoms with Crippen LogP contribution in [0.4, 0.5) is 5.69 Å². The fourth-order valence-corrected chi connectivity index (χ4v) is 1.28. The Morgan fingerprint density at radius 1 is 1.67 bits per heavy atom. The maximum atomic E-state index is 10.7. The maximum absolute atomic E-state index is 10.7. The second kappa shape index (κ2) is 4.38. The number of benzene rings is 1. The van der Waals surface area contributed by atoms with Crippen molar-refractivity contribution >= 4 is 5.69 Å². The Morgan fingerprint density at radius 3 is 2.80 bits per heavy atom. The van der Waals surface area contributed by atoms with Crippen molar-refractivity contribution in [1.82, 2.24) is 0 Å². The van der Waals surface area contributed by atoms with Crippen molar-refractivity contribution in [3.05, 3.63) is 52.1 Å². The normalized spacial score (nSPS) is 11.5. The Hall–Kier alpha value is -2.15. The minimum Gasteiger partial charge on any atom is -0.258 e. The van der Waals surface area contributed by atoms with E-state index < -0.39 is 4.92 Å². The second-order valence-electron chi connectivity index (χ2n) is 3.17. The number of rotatable bonds is 3. The molecule has 0 heterocycles. The highest BCUT2D eigenvalue weighted by Crippen LogP contribution is 2.27. The highest BCUT2D eigenvalue weighted by Gasteiger charge is 2.17. The van der Waals surface area contributed by atoms with Crippen molar-refractivity contribution < 1.29 is 4.92 Å². The van der Waals surface area contributed by atoms with E-state index in [1.54, 1.807) is 13.0 Å². The zero-order valence-electron chi connectivity index (χ0n) is 8.30. The van der Waals surface area contributed by atoms with Crippen molar-refractivity contribution in [2.75, 3.05) is 0 Å². The van der Waals surface area contributed by atoms with E-state index in [0.717, 1.165) is 0 Å². The number of nitro groups is 1. The van der Waals surface area contributed by atoms with Gasteiger partial charge in [-0.15, -0.1) is 6.58 Å². The number of hydrogen-bond acceptors (Lipinski definition) is 3. The number of allylic oxidation sites excluding steroid dienone is 1. The fourth-order valence-electron chi connectivity index (χ4n) is 1.28. The minimum absolute atomic E-state index is 0.0291. The molecule has 0 fully saturated rings. The van der Waals surface area contributed by atoms with Gasteiger partial charge < -0.3 is 0 Å². The molecule has 1 aromatic rings. The number of nitriles is 1. The minimum atomic E-state index is -0.448. The summed E-state index contributed by atoms with van der Waals surface area (Å²) in [7, 11) is 0. The zero-order chi connectivity index (χ0) is 11.4. The van der Waals surface area contributed by atoms with Gasteiger partial charge in [-0.1, -0.05) is 13.0 Å². The van der Waals surface area contributed by atoms with Gasteiger partial charge in [-0.25, -0.2) is 0 Å². The molecule has 1 unspecified atom stereocenters. The predicted molar refractivity (Wildman–Crippen MR) is 56.4 cm³/mol. The van der Waals surface area contributed by atoms with Crippen molar-refractivity contribution in [2.24, 2.45) is 0 Å². The van der Waals surface area contributed by atoms with Crippen LogP contribution in [0.2, 0.25) is 0 Å². The average molecular weight is 202 g/mol. The molecule has 0 amide bonds. The van der Waals surface area contributed by atoms with Crippen molar-refractivity contribution in [2.45, 2.75) is 12.8 Å². The van der Waals surface area contributed by atoms with Crippen molar-refractivity contribution in [3.63, 3.8) is 0 Å². The largest absolute Gasteiger partial charge is 0.273 e. The van der Waals surface area contributed by atoms with Crippen LogP contribution in [0.15, 0.2) is 30.9 Å². The van der Waals surface area contributed by atoms with Crippen LogP contribution in [0.3, 0.4) is 0 Å². The Kier molecular flexibility index (Phi) is 3.19. The molecule has 15 heavy (non-hydrogen) atoms. The molecule has 0 aliphatic rings. The van der Waals surface area contributed by atoms with E-state index in [-0.39, 0.29) is 11.6 Å². The molecule has 76 valence electrons. The molecule has 0 saturated heterocycles. The van der Waals surface area contributed by atoms with Gasteiger partial charge in [-0.3, -0.25) is 10.1 Å². The average Bonchev–Trinajstić information content (AvgIpc) is 2.26. The molecule has 0 aliphatic heterocycles. The number of hydrogen-bond donors (Lipinski definition) is 0. The summed E-state index contributed by atoms with van der Waals surface area (Å²) in [5.41, 5.74) is 0.972.